The van der Waals surface area contributed by atoms with E-state index in [0.717, 1.165) is 11.1 Å². The van der Waals surface area contributed by atoms with Crippen molar-refractivity contribution in [3.05, 3.63) is 103 Å². The minimum atomic E-state index is -0.578. The van der Waals surface area contributed by atoms with Gasteiger partial charge in [-0.05, 0) is 12.0 Å². The summed E-state index contributed by atoms with van der Waals surface area (Å²) in [6.45, 7) is 0.857. The quantitative estimate of drug-likeness (QED) is 0.625. The van der Waals surface area contributed by atoms with Gasteiger partial charge in [-0.1, -0.05) is 54.6 Å². The van der Waals surface area contributed by atoms with E-state index in [9.17, 15) is 14.4 Å². The van der Waals surface area contributed by atoms with Crippen LogP contribution in [0.3, 0.4) is 0 Å². The summed E-state index contributed by atoms with van der Waals surface area (Å²) in [7, 11) is 1.60. The third-order valence-electron chi connectivity index (χ3n) is 5.87. The number of methoxy groups -OCH3 is 1. The van der Waals surface area contributed by atoms with Gasteiger partial charge in [-0.2, -0.15) is 0 Å². The van der Waals surface area contributed by atoms with E-state index >= 15 is 0 Å². The summed E-state index contributed by atoms with van der Waals surface area (Å²) < 4.78 is 6.66. The molecule has 7 heteroatoms. The maximum absolute atomic E-state index is 13.4. The van der Waals surface area contributed by atoms with Crippen LogP contribution in [0.5, 0.6) is 0 Å². The summed E-state index contributed by atoms with van der Waals surface area (Å²) in [4.78, 5) is 41.6. The molecule has 2 N–H and O–H groups in total. The molecule has 0 saturated carbocycles. The Morgan fingerprint density at radius 1 is 0.968 bits per heavy atom. The molecule has 3 aromatic rings. The molecule has 1 atom stereocenters. The number of allylic oxidation sites excluding steroid dienone is 1. The summed E-state index contributed by atoms with van der Waals surface area (Å²) in [6, 6.07) is 16.8. The van der Waals surface area contributed by atoms with Crippen LogP contribution in [0.25, 0.3) is 5.70 Å². The predicted octanol–water partition coefficient (Wildman–Crippen LogP) is 2.74. The van der Waals surface area contributed by atoms with Gasteiger partial charge in [0.05, 0.1) is 11.3 Å². The van der Waals surface area contributed by atoms with Crippen molar-refractivity contribution in [3.8, 4) is 0 Å². The van der Waals surface area contributed by atoms with Crippen LogP contribution in [0.15, 0.2) is 69.8 Å². The largest absolute Gasteiger partial charge is 0.385 e. The van der Waals surface area contributed by atoms with Crippen LogP contribution in [-0.2, 0) is 11.3 Å². The SMILES string of the molecule is COCCCn1c2c(c(=O)[nH]c1=O)C(c1ccccc1)C1=C(N2)c2ccccc2C1=O. The van der Waals surface area contributed by atoms with Gasteiger partial charge in [-0.3, -0.25) is 19.1 Å². The average Bonchev–Trinajstić information content (AvgIpc) is 3.07. The average molecular weight is 415 g/mol. The number of anilines is 1. The molecule has 7 nitrogen and oxygen atoms in total. The van der Waals surface area contributed by atoms with Crippen molar-refractivity contribution in [2.45, 2.75) is 18.9 Å². The van der Waals surface area contributed by atoms with E-state index in [2.05, 4.69) is 10.3 Å². The standard InChI is InChI=1S/C24H21N3O4/c1-31-13-7-12-27-22-19(23(29)26-24(27)30)17(14-8-3-2-4-9-14)18-20(25-22)15-10-5-6-11-16(15)21(18)28/h2-6,8-11,17,25H,7,12-13H2,1H3,(H,26,29,30). The molecule has 0 saturated heterocycles. The molecule has 1 unspecified atom stereocenters. The van der Waals surface area contributed by atoms with Gasteiger partial charge in [0, 0.05) is 42.9 Å². The highest BCUT2D eigenvalue weighted by atomic mass is 16.5. The fraction of sp³-hybridized carbons (Fsp3) is 0.208. The van der Waals surface area contributed by atoms with E-state index < -0.39 is 17.2 Å². The lowest BCUT2D eigenvalue weighted by Gasteiger charge is -2.29. The Morgan fingerprint density at radius 3 is 2.42 bits per heavy atom. The second kappa shape index (κ2) is 7.52. The van der Waals surface area contributed by atoms with Crippen LogP contribution >= 0.6 is 0 Å². The molecule has 1 aromatic heterocycles. The molecule has 0 bridgehead atoms. The monoisotopic (exact) mass is 415 g/mol. The van der Waals surface area contributed by atoms with E-state index in [-0.39, 0.29) is 5.78 Å². The Balaban J connectivity index is 1.78. The van der Waals surface area contributed by atoms with E-state index in [1.165, 1.54) is 4.57 Å². The van der Waals surface area contributed by atoms with Crippen molar-refractivity contribution in [3.63, 3.8) is 0 Å². The number of nitrogens with zero attached hydrogens (tertiary/aromatic N) is 1. The van der Waals surface area contributed by atoms with Crippen LogP contribution in [-0.4, -0.2) is 29.1 Å². The summed E-state index contributed by atoms with van der Waals surface area (Å²) in [5.74, 6) is -0.249. The summed E-state index contributed by atoms with van der Waals surface area (Å²) in [5, 5.41) is 3.28. The lowest BCUT2D eigenvalue weighted by atomic mass is 9.81. The fourth-order valence-electron chi connectivity index (χ4n) is 4.52. The fourth-order valence-corrected chi connectivity index (χ4v) is 4.52. The molecule has 1 aliphatic heterocycles. The zero-order chi connectivity index (χ0) is 21.5. The van der Waals surface area contributed by atoms with Gasteiger partial charge in [0.1, 0.15) is 5.82 Å². The van der Waals surface area contributed by atoms with E-state index in [4.69, 9.17) is 4.74 Å². The van der Waals surface area contributed by atoms with Gasteiger partial charge in [0.25, 0.3) is 5.56 Å². The molecular formula is C24H21N3O4. The van der Waals surface area contributed by atoms with Crippen LogP contribution in [0, 0.1) is 0 Å². The number of rotatable bonds is 5. The number of nitrogens with one attached hydrogen (secondary N) is 2. The third kappa shape index (κ3) is 2.97. The Morgan fingerprint density at radius 2 is 1.68 bits per heavy atom. The number of H-pyrrole nitrogens is 1. The molecule has 2 aliphatic rings. The molecule has 156 valence electrons. The number of carbonyl (C=O) groups is 1. The molecule has 2 aromatic carbocycles. The molecule has 1 aliphatic carbocycles. The van der Waals surface area contributed by atoms with Crippen molar-refractivity contribution in [1.29, 1.82) is 0 Å². The Labute approximate surface area is 178 Å². The normalized spacial score (nSPS) is 16.5. The molecule has 0 amide bonds. The molecule has 2 heterocycles. The number of carbonyl (C=O) groups excluding carboxylic acids is 1. The van der Waals surface area contributed by atoms with Crippen LogP contribution in [0.2, 0.25) is 0 Å². The Hall–Kier alpha value is -3.71. The van der Waals surface area contributed by atoms with E-state index in [0.29, 0.717) is 47.8 Å². The highest BCUT2D eigenvalue weighted by Crippen LogP contribution is 2.47. The molecule has 0 fully saturated rings. The lowest BCUT2D eigenvalue weighted by Crippen LogP contribution is -2.38. The smallest absolute Gasteiger partial charge is 0.329 e. The molecular weight excluding hydrogens is 394 g/mol. The highest BCUT2D eigenvalue weighted by molar-refractivity contribution is 6.23. The number of ether oxygens (including phenoxy) is 1. The first-order valence-corrected chi connectivity index (χ1v) is 10.2. The van der Waals surface area contributed by atoms with Crippen LogP contribution in [0.1, 0.15) is 39.4 Å². The van der Waals surface area contributed by atoms with E-state index in [1.807, 2.05) is 48.5 Å². The minimum Gasteiger partial charge on any atom is -0.385 e. The van der Waals surface area contributed by atoms with Crippen LogP contribution < -0.4 is 16.6 Å². The number of Topliss-reactive ketones (excluding diaryl/α,β-unsaturated/α-hetero) is 1. The number of aromatic amines is 1. The highest BCUT2D eigenvalue weighted by Gasteiger charge is 2.42. The number of benzene rings is 2. The Bertz CT molecular complexity index is 1330. The zero-order valence-corrected chi connectivity index (χ0v) is 17.0. The lowest BCUT2D eigenvalue weighted by molar-refractivity contribution is 0.103. The van der Waals surface area contributed by atoms with Crippen molar-refractivity contribution >= 4 is 17.3 Å². The first-order chi connectivity index (χ1) is 15.1. The van der Waals surface area contributed by atoms with Gasteiger partial charge in [-0.25, -0.2) is 4.79 Å². The number of fused-ring (bicyclic) bond motifs is 3. The summed E-state index contributed by atoms with van der Waals surface area (Å²) in [5.41, 5.74) is 2.80. The third-order valence-corrected chi connectivity index (χ3v) is 5.87. The number of hydrogen-bond acceptors (Lipinski definition) is 5. The maximum atomic E-state index is 13.4. The van der Waals surface area contributed by atoms with Crippen molar-refractivity contribution < 1.29 is 9.53 Å². The second-order valence-corrected chi connectivity index (χ2v) is 7.65. The van der Waals surface area contributed by atoms with Gasteiger partial charge < -0.3 is 10.1 Å². The molecule has 0 radical (unpaired) electrons. The van der Waals surface area contributed by atoms with Gasteiger partial charge in [0.15, 0.2) is 5.78 Å². The number of ketones is 1. The Kier molecular flexibility index (Phi) is 4.67. The molecule has 5 rings (SSSR count). The van der Waals surface area contributed by atoms with Gasteiger partial charge in [0.2, 0.25) is 0 Å². The van der Waals surface area contributed by atoms with Gasteiger partial charge in [-0.15, -0.1) is 0 Å². The molecule has 31 heavy (non-hydrogen) atoms. The second-order valence-electron chi connectivity index (χ2n) is 7.65. The first-order valence-electron chi connectivity index (χ1n) is 10.2. The number of aromatic nitrogens is 2. The summed E-state index contributed by atoms with van der Waals surface area (Å²) >= 11 is 0. The zero-order valence-electron chi connectivity index (χ0n) is 17.0. The first kappa shape index (κ1) is 19.3. The minimum absolute atomic E-state index is 0.103. The van der Waals surface area contributed by atoms with E-state index in [1.54, 1.807) is 13.2 Å². The van der Waals surface area contributed by atoms with Crippen molar-refractivity contribution in [1.82, 2.24) is 9.55 Å². The van der Waals surface area contributed by atoms with Gasteiger partial charge >= 0.3 is 5.69 Å². The number of hydrogen-bond donors (Lipinski definition) is 2. The van der Waals surface area contributed by atoms with Crippen molar-refractivity contribution in [2.24, 2.45) is 0 Å². The summed E-state index contributed by atoms with van der Waals surface area (Å²) in [6.07, 6.45) is 0.605. The molecule has 0 spiro atoms. The maximum Gasteiger partial charge on any atom is 0.329 e. The predicted molar refractivity (Wildman–Crippen MR) is 117 cm³/mol. The van der Waals surface area contributed by atoms with Crippen LogP contribution in [0.4, 0.5) is 5.82 Å². The topological polar surface area (TPSA) is 93.2 Å². The van der Waals surface area contributed by atoms with Crippen molar-refractivity contribution in [2.75, 3.05) is 19.0 Å².